The molecule has 0 atom stereocenters. The van der Waals surface area contributed by atoms with Crippen molar-refractivity contribution in [1.29, 1.82) is 0 Å². The Balaban J connectivity index is 1.43. The van der Waals surface area contributed by atoms with Crippen LogP contribution in [0.25, 0.3) is 0 Å². The molecule has 0 radical (unpaired) electrons. The van der Waals surface area contributed by atoms with Crippen LogP contribution >= 0.6 is 11.8 Å². The molecule has 0 aliphatic heterocycles. The van der Waals surface area contributed by atoms with Gasteiger partial charge in [-0.3, -0.25) is 4.79 Å². The number of carbonyl (C=O) groups is 1. The third kappa shape index (κ3) is 5.33. The van der Waals surface area contributed by atoms with Crippen LogP contribution < -0.4 is 0 Å². The van der Waals surface area contributed by atoms with Crippen LogP contribution in [0.4, 0.5) is 0 Å². The molecule has 134 valence electrons. The summed E-state index contributed by atoms with van der Waals surface area (Å²) < 4.78 is 5.43. The van der Waals surface area contributed by atoms with Crippen LogP contribution in [-0.2, 0) is 11.2 Å². The van der Waals surface area contributed by atoms with Gasteiger partial charge >= 0.3 is 0 Å². The van der Waals surface area contributed by atoms with Crippen LogP contribution in [0.15, 0.2) is 39.8 Å². The molecular weight excluding hydrogens is 334 g/mol. The summed E-state index contributed by atoms with van der Waals surface area (Å²) in [5, 5.41) is 4.09. The second kappa shape index (κ2) is 9.04. The summed E-state index contributed by atoms with van der Waals surface area (Å²) in [6.07, 6.45) is 6.74. The Hall–Kier alpha value is -1.82. The van der Waals surface area contributed by atoms with Gasteiger partial charge < -0.3 is 9.42 Å². The molecule has 1 amide bonds. The minimum absolute atomic E-state index is 0.116. The molecule has 0 bridgehead atoms. The van der Waals surface area contributed by atoms with E-state index in [1.165, 1.54) is 19.3 Å². The molecule has 1 aromatic heterocycles. The summed E-state index contributed by atoms with van der Waals surface area (Å²) in [6, 6.07) is 9.98. The third-order valence-electron chi connectivity index (χ3n) is 4.64. The van der Waals surface area contributed by atoms with Crippen molar-refractivity contribution in [3.05, 3.63) is 42.0 Å². The zero-order chi connectivity index (χ0) is 17.5. The number of rotatable bonds is 7. The molecule has 0 saturated heterocycles. The lowest BCUT2D eigenvalue weighted by Crippen LogP contribution is -2.30. The number of nitrogens with zero attached hydrogens (tertiary/aromatic N) is 3. The molecule has 1 heterocycles. The average Bonchev–Trinajstić information content (AvgIpc) is 3.15. The maximum atomic E-state index is 12.2. The molecule has 1 aliphatic carbocycles. The molecule has 0 spiro atoms. The van der Waals surface area contributed by atoms with Gasteiger partial charge in [-0.25, -0.2) is 0 Å². The van der Waals surface area contributed by atoms with Gasteiger partial charge in [0.1, 0.15) is 0 Å². The molecule has 1 fully saturated rings. The zero-order valence-corrected chi connectivity index (χ0v) is 15.5. The minimum Gasteiger partial charge on any atom is -0.345 e. The SMILES string of the molecule is CN(CCc1noc(C2CCCCC2)n1)C(=O)CSc1ccccc1. The van der Waals surface area contributed by atoms with Crippen molar-refractivity contribution in [2.24, 2.45) is 0 Å². The first-order valence-corrected chi connectivity index (χ1v) is 9.95. The van der Waals surface area contributed by atoms with Crippen molar-refractivity contribution < 1.29 is 9.32 Å². The predicted molar refractivity (Wildman–Crippen MR) is 98.6 cm³/mol. The number of carbonyl (C=O) groups excluding carboxylic acids is 1. The van der Waals surface area contributed by atoms with E-state index in [9.17, 15) is 4.79 Å². The Morgan fingerprint density at radius 2 is 2.00 bits per heavy atom. The molecule has 1 aliphatic rings. The highest BCUT2D eigenvalue weighted by atomic mass is 32.2. The topological polar surface area (TPSA) is 59.2 Å². The van der Waals surface area contributed by atoms with Crippen LogP contribution in [0, 0.1) is 0 Å². The lowest BCUT2D eigenvalue weighted by atomic mass is 9.89. The van der Waals surface area contributed by atoms with Gasteiger partial charge in [-0.05, 0) is 25.0 Å². The van der Waals surface area contributed by atoms with E-state index in [1.54, 1.807) is 16.7 Å². The van der Waals surface area contributed by atoms with E-state index in [2.05, 4.69) is 10.1 Å². The second-order valence-corrected chi connectivity index (χ2v) is 7.60. The quantitative estimate of drug-likeness (QED) is 0.702. The van der Waals surface area contributed by atoms with Gasteiger partial charge in [-0.1, -0.05) is 42.6 Å². The third-order valence-corrected chi connectivity index (χ3v) is 5.64. The molecule has 3 rings (SSSR count). The highest BCUT2D eigenvalue weighted by molar-refractivity contribution is 8.00. The number of hydrogen-bond acceptors (Lipinski definition) is 5. The smallest absolute Gasteiger partial charge is 0.232 e. The molecule has 25 heavy (non-hydrogen) atoms. The van der Waals surface area contributed by atoms with Gasteiger partial charge in [0.15, 0.2) is 5.82 Å². The van der Waals surface area contributed by atoms with Crippen LogP contribution in [0.3, 0.4) is 0 Å². The zero-order valence-electron chi connectivity index (χ0n) is 14.7. The first-order valence-electron chi connectivity index (χ1n) is 8.96. The van der Waals surface area contributed by atoms with Crippen molar-refractivity contribution in [3.8, 4) is 0 Å². The average molecular weight is 359 g/mol. The highest BCUT2D eigenvalue weighted by Crippen LogP contribution is 2.31. The molecule has 1 aromatic carbocycles. The number of hydrogen-bond donors (Lipinski definition) is 0. The number of thioether (sulfide) groups is 1. The van der Waals surface area contributed by atoms with Gasteiger partial charge in [0.05, 0.1) is 5.75 Å². The van der Waals surface area contributed by atoms with Crippen molar-refractivity contribution >= 4 is 17.7 Å². The highest BCUT2D eigenvalue weighted by Gasteiger charge is 2.21. The Kier molecular flexibility index (Phi) is 6.50. The van der Waals surface area contributed by atoms with E-state index >= 15 is 0 Å². The van der Waals surface area contributed by atoms with E-state index in [-0.39, 0.29) is 5.91 Å². The first kappa shape index (κ1) is 18.0. The van der Waals surface area contributed by atoms with E-state index < -0.39 is 0 Å². The van der Waals surface area contributed by atoms with Crippen LogP contribution in [0.5, 0.6) is 0 Å². The lowest BCUT2D eigenvalue weighted by molar-refractivity contribution is -0.127. The van der Waals surface area contributed by atoms with Gasteiger partial charge in [0, 0.05) is 30.8 Å². The normalized spacial score (nSPS) is 15.2. The largest absolute Gasteiger partial charge is 0.345 e. The summed E-state index contributed by atoms with van der Waals surface area (Å²) >= 11 is 1.56. The monoisotopic (exact) mass is 359 g/mol. The summed E-state index contributed by atoms with van der Waals surface area (Å²) in [5.41, 5.74) is 0. The number of amides is 1. The number of likely N-dealkylation sites (N-methyl/N-ethyl adjacent to an activating group) is 1. The molecule has 6 heteroatoms. The molecule has 0 unspecified atom stereocenters. The molecule has 5 nitrogen and oxygen atoms in total. The van der Waals surface area contributed by atoms with Crippen LogP contribution in [-0.4, -0.2) is 40.3 Å². The van der Waals surface area contributed by atoms with Crippen molar-refractivity contribution in [3.63, 3.8) is 0 Å². The maximum absolute atomic E-state index is 12.2. The van der Waals surface area contributed by atoms with Gasteiger partial charge in [-0.2, -0.15) is 4.98 Å². The summed E-state index contributed by atoms with van der Waals surface area (Å²) in [6.45, 7) is 0.609. The number of benzene rings is 1. The minimum atomic E-state index is 0.116. The predicted octanol–water partition coefficient (Wildman–Crippen LogP) is 3.91. The maximum Gasteiger partial charge on any atom is 0.232 e. The van der Waals surface area contributed by atoms with E-state index in [0.29, 0.717) is 30.5 Å². The summed E-state index contributed by atoms with van der Waals surface area (Å²) in [5.74, 6) is 2.47. The Labute approximate surface area is 153 Å². The Morgan fingerprint density at radius 1 is 1.24 bits per heavy atom. The van der Waals surface area contributed by atoms with Crippen molar-refractivity contribution in [1.82, 2.24) is 15.0 Å². The molecular formula is C19H25N3O2S. The Morgan fingerprint density at radius 3 is 2.76 bits per heavy atom. The lowest BCUT2D eigenvalue weighted by Gasteiger charge is -2.17. The van der Waals surface area contributed by atoms with E-state index in [1.807, 2.05) is 37.4 Å². The fraction of sp³-hybridized carbons (Fsp3) is 0.526. The van der Waals surface area contributed by atoms with Crippen LogP contribution in [0.1, 0.15) is 49.7 Å². The fourth-order valence-electron chi connectivity index (χ4n) is 3.05. The number of aromatic nitrogens is 2. The van der Waals surface area contributed by atoms with E-state index in [4.69, 9.17) is 4.52 Å². The molecule has 0 N–H and O–H groups in total. The summed E-state index contributed by atoms with van der Waals surface area (Å²) in [7, 11) is 1.83. The fourth-order valence-corrected chi connectivity index (χ4v) is 3.91. The molecule has 1 saturated carbocycles. The van der Waals surface area contributed by atoms with E-state index in [0.717, 1.165) is 23.6 Å². The summed E-state index contributed by atoms with van der Waals surface area (Å²) in [4.78, 5) is 19.6. The van der Waals surface area contributed by atoms with Gasteiger partial charge in [0.2, 0.25) is 11.8 Å². The standard InChI is InChI=1S/C19H25N3O2S/c1-22(18(23)14-25-16-10-6-3-7-11-16)13-12-17-20-19(24-21-17)15-8-4-2-5-9-15/h3,6-7,10-11,15H,2,4-5,8-9,12-14H2,1H3. The van der Waals surface area contributed by atoms with Crippen LogP contribution in [0.2, 0.25) is 0 Å². The second-order valence-electron chi connectivity index (χ2n) is 6.55. The Bertz CT molecular complexity index is 668. The molecule has 2 aromatic rings. The first-order chi connectivity index (χ1) is 12.2. The van der Waals surface area contributed by atoms with Gasteiger partial charge in [0.25, 0.3) is 0 Å². The van der Waals surface area contributed by atoms with Crippen molar-refractivity contribution in [2.45, 2.75) is 49.3 Å². The van der Waals surface area contributed by atoms with Crippen molar-refractivity contribution in [2.75, 3.05) is 19.3 Å². The van der Waals surface area contributed by atoms with Gasteiger partial charge in [-0.15, -0.1) is 11.8 Å².